The molecule has 5 nitrogen and oxygen atoms in total. The Hall–Kier alpha value is -1.33. The summed E-state index contributed by atoms with van der Waals surface area (Å²) in [7, 11) is 0. The SMILES string of the molecule is O=C(NCC(O)CO)c1cccn1C1CCC1. The van der Waals surface area contributed by atoms with Crippen LogP contribution in [0.15, 0.2) is 18.3 Å². The number of rotatable bonds is 5. The highest BCUT2D eigenvalue weighted by atomic mass is 16.3. The van der Waals surface area contributed by atoms with Crippen molar-refractivity contribution in [2.24, 2.45) is 0 Å². The average molecular weight is 238 g/mol. The Morgan fingerprint density at radius 2 is 2.35 bits per heavy atom. The van der Waals surface area contributed by atoms with Crippen LogP contribution in [0, 0.1) is 0 Å². The van der Waals surface area contributed by atoms with Gasteiger partial charge in [-0.15, -0.1) is 0 Å². The van der Waals surface area contributed by atoms with Crippen LogP contribution < -0.4 is 5.32 Å². The first-order valence-electron chi connectivity index (χ1n) is 5.96. The van der Waals surface area contributed by atoms with Gasteiger partial charge in [0, 0.05) is 18.8 Å². The second-order valence-corrected chi connectivity index (χ2v) is 4.43. The molecule has 1 aliphatic carbocycles. The molecule has 1 saturated carbocycles. The van der Waals surface area contributed by atoms with Gasteiger partial charge in [-0.25, -0.2) is 0 Å². The molecule has 2 rings (SSSR count). The molecule has 94 valence electrons. The Kier molecular flexibility index (Phi) is 3.81. The number of carbonyl (C=O) groups excluding carboxylic acids is 1. The lowest BCUT2D eigenvalue weighted by Crippen LogP contribution is -2.35. The molecule has 0 spiro atoms. The number of hydrogen-bond donors (Lipinski definition) is 3. The minimum absolute atomic E-state index is 0.0746. The number of amides is 1. The van der Waals surface area contributed by atoms with E-state index in [9.17, 15) is 4.79 Å². The van der Waals surface area contributed by atoms with Crippen LogP contribution in [0.4, 0.5) is 0 Å². The number of hydrogen-bond acceptors (Lipinski definition) is 3. The molecule has 1 amide bonds. The monoisotopic (exact) mass is 238 g/mol. The van der Waals surface area contributed by atoms with Gasteiger partial charge in [-0.05, 0) is 31.4 Å². The summed E-state index contributed by atoms with van der Waals surface area (Å²) in [5.74, 6) is -0.200. The quantitative estimate of drug-likeness (QED) is 0.690. The Balaban J connectivity index is 1.96. The Labute approximate surface area is 100 Å². The van der Waals surface area contributed by atoms with E-state index in [4.69, 9.17) is 10.2 Å². The van der Waals surface area contributed by atoms with Crippen molar-refractivity contribution in [2.75, 3.05) is 13.2 Å². The number of nitrogens with one attached hydrogen (secondary N) is 1. The van der Waals surface area contributed by atoms with Gasteiger partial charge in [0.2, 0.25) is 0 Å². The molecule has 0 saturated heterocycles. The molecule has 1 atom stereocenters. The summed E-state index contributed by atoms with van der Waals surface area (Å²) in [5, 5.41) is 20.4. The lowest BCUT2D eigenvalue weighted by molar-refractivity contribution is 0.0792. The summed E-state index contributed by atoms with van der Waals surface area (Å²) < 4.78 is 1.99. The van der Waals surface area contributed by atoms with Crippen LogP contribution in [-0.4, -0.2) is 39.9 Å². The first kappa shape index (κ1) is 12.1. The van der Waals surface area contributed by atoms with E-state index in [1.807, 2.05) is 16.8 Å². The molecular weight excluding hydrogens is 220 g/mol. The van der Waals surface area contributed by atoms with E-state index in [0.29, 0.717) is 11.7 Å². The average Bonchev–Trinajstić information content (AvgIpc) is 2.72. The van der Waals surface area contributed by atoms with E-state index < -0.39 is 6.10 Å². The second-order valence-electron chi connectivity index (χ2n) is 4.43. The molecular formula is C12H18N2O3. The van der Waals surface area contributed by atoms with E-state index in [1.165, 1.54) is 6.42 Å². The molecule has 0 aromatic carbocycles. The van der Waals surface area contributed by atoms with Gasteiger partial charge >= 0.3 is 0 Å². The van der Waals surface area contributed by atoms with Crippen molar-refractivity contribution >= 4 is 5.91 Å². The molecule has 5 heteroatoms. The van der Waals surface area contributed by atoms with Crippen LogP contribution in [0.3, 0.4) is 0 Å². The molecule has 1 heterocycles. The summed E-state index contributed by atoms with van der Waals surface area (Å²) in [6.07, 6.45) is 4.47. The molecule has 1 fully saturated rings. The maximum atomic E-state index is 11.9. The van der Waals surface area contributed by atoms with Gasteiger partial charge in [-0.3, -0.25) is 4.79 Å². The van der Waals surface area contributed by atoms with E-state index in [1.54, 1.807) is 6.07 Å². The van der Waals surface area contributed by atoms with Gasteiger partial charge < -0.3 is 20.1 Å². The smallest absolute Gasteiger partial charge is 0.268 e. The fraction of sp³-hybridized carbons (Fsp3) is 0.583. The fourth-order valence-corrected chi connectivity index (χ4v) is 1.94. The molecule has 1 aromatic rings. The van der Waals surface area contributed by atoms with Crippen molar-refractivity contribution in [3.63, 3.8) is 0 Å². The summed E-state index contributed by atoms with van der Waals surface area (Å²) in [6.45, 7) is -0.269. The molecule has 1 aromatic heterocycles. The zero-order chi connectivity index (χ0) is 12.3. The van der Waals surface area contributed by atoms with Gasteiger partial charge in [0.25, 0.3) is 5.91 Å². The van der Waals surface area contributed by atoms with Crippen LogP contribution in [0.25, 0.3) is 0 Å². The zero-order valence-electron chi connectivity index (χ0n) is 9.67. The molecule has 0 radical (unpaired) electrons. The Bertz CT molecular complexity index is 385. The van der Waals surface area contributed by atoms with Crippen LogP contribution in [0.2, 0.25) is 0 Å². The van der Waals surface area contributed by atoms with Crippen LogP contribution in [-0.2, 0) is 0 Å². The maximum absolute atomic E-state index is 11.9. The van der Waals surface area contributed by atoms with E-state index >= 15 is 0 Å². The fourth-order valence-electron chi connectivity index (χ4n) is 1.94. The summed E-state index contributed by atoms with van der Waals surface area (Å²) in [4.78, 5) is 11.9. The van der Waals surface area contributed by atoms with Crippen molar-refractivity contribution in [3.05, 3.63) is 24.0 Å². The highest BCUT2D eigenvalue weighted by molar-refractivity contribution is 5.92. The Morgan fingerprint density at radius 3 is 2.94 bits per heavy atom. The molecule has 0 aliphatic heterocycles. The van der Waals surface area contributed by atoms with Crippen LogP contribution >= 0.6 is 0 Å². The minimum Gasteiger partial charge on any atom is -0.394 e. The third-order valence-electron chi connectivity index (χ3n) is 3.19. The molecule has 1 aliphatic rings. The standard InChI is InChI=1S/C12H18N2O3/c15-8-10(16)7-13-12(17)11-5-2-6-14(11)9-3-1-4-9/h2,5-6,9-10,15-16H,1,3-4,7-8H2,(H,13,17). The van der Waals surface area contributed by atoms with E-state index in [2.05, 4.69) is 5.32 Å². The van der Waals surface area contributed by atoms with Gasteiger partial charge in [0.05, 0.1) is 12.7 Å². The predicted octanol–water partition coefficient (Wildman–Crippen LogP) is 0.296. The normalized spacial score (nSPS) is 17.5. The Morgan fingerprint density at radius 1 is 1.59 bits per heavy atom. The van der Waals surface area contributed by atoms with Gasteiger partial charge in [-0.1, -0.05) is 0 Å². The molecule has 3 N–H and O–H groups in total. The molecule has 1 unspecified atom stereocenters. The third kappa shape index (κ3) is 2.68. The minimum atomic E-state index is -0.897. The van der Waals surface area contributed by atoms with Crippen molar-refractivity contribution < 1.29 is 15.0 Å². The van der Waals surface area contributed by atoms with Crippen LogP contribution in [0.5, 0.6) is 0 Å². The van der Waals surface area contributed by atoms with Crippen molar-refractivity contribution in [1.29, 1.82) is 0 Å². The highest BCUT2D eigenvalue weighted by Gasteiger charge is 2.23. The largest absolute Gasteiger partial charge is 0.394 e. The predicted molar refractivity (Wildman–Crippen MR) is 62.7 cm³/mol. The topological polar surface area (TPSA) is 74.5 Å². The lowest BCUT2D eigenvalue weighted by atomic mass is 9.93. The zero-order valence-corrected chi connectivity index (χ0v) is 9.67. The van der Waals surface area contributed by atoms with Crippen molar-refractivity contribution in [1.82, 2.24) is 9.88 Å². The van der Waals surface area contributed by atoms with Gasteiger partial charge in [0.1, 0.15) is 5.69 Å². The highest BCUT2D eigenvalue weighted by Crippen LogP contribution is 2.32. The number of aliphatic hydroxyl groups is 2. The van der Waals surface area contributed by atoms with Gasteiger partial charge in [0.15, 0.2) is 0 Å². The molecule has 17 heavy (non-hydrogen) atoms. The summed E-state index contributed by atoms with van der Waals surface area (Å²) >= 11 is 0. The van der Waals surface area contributed by atoms with E-state index in [-0.39, 0.29) is 19.1 Å². The first-order chi connectivity index (χ1) is 8.22. The summed E-state index contributed by atoms with van der Waals surface area (Å²) in [5.41, 5.74) is 0.625. The third-order valence-corrected chi connectivity index (χ3v) is 3.19. The summed E-state index contributed by atoms with van der Waals surface area (Å²) in [6, 6.07) is 4.07. The van der Waals surface area contributed by atoms with Gasteiger partial charge in [-0.2, -0.15) is 0 Å². The first-order valence-corrected chi connectivity index (χ1v) is 5.96. The number of aromatic nitrogens is 1. The number of carbonyl (C=O) groups is 1. The van der Waals surface area contributed by atoms with Crippen LogP contribution in [0.1, 0.15) is 35.8 Å². The molecule has 0 bridgehead atoms. The number of aliphatic hydroxyl groups excluding tert-OH is 2. The maximum Gasteiger partial charge on any atom is 0.268 e. The van der Waals surface area contributed by atoms with Crippen molar-refractivity contribution in [3.8, 4) is 0 Å². The van der Waals surface area contributed by atoms with Crippen molar-refractivity contribution in [2.45, 2.75) is 31.4 Å². The second kappa shape index (κ2) is 5.33. The van der Waals surface area contributed by atoms with E-state index in [0.717, 1.165) is 12.8 Å². The number of nitrogens with zero attached hydrogens (tertiary/aromatic N) is 1. The lowest BCUT2D eigenvalue weighted by Gasteiger charge is -2.28.